The van der Waals surface area contributed by atoms with Crippen LogP contribution in [0.3, 0.4) is 0 Å². The summed E-state index contributed by atoms with van der Waals surface area (Å²) in [5.74, 6) is -0.193. The molecule has 0 saturated carbocycles. The van der Waals surface area contributed by atoms with E-state index in [2.05, 4.69) is 31.2 Å². The van der Waals surface area contributed by atoms with Gasteiger partial charge in [0.2, 0.25) is 5.91 Å². The SMILES string of the molecule is O=C(Nc1ccc(Br)cn1)C1CCCN(C(=O)c2[nH]c3ccc(Cl)cc3c2Cl)C1. The van der Waals surface area contributed by atoms with Crippen molar-refractivity contribution in [3.05, 3.63) is 56.7 Å². The number of nitrogens with one attached hydrogen (secondary N) is 2. The number of fused-ring (bicyclic) bond motifs is 1. The van der Waals surface area contributed by atoms with Gasteiger partial charge in [0.1, 0.15) is 11.5 Å². The lowest BCUT2D eigenvalue weighted by atomic mass is 9.97. The maximum atomic E-state index is 13.1. The number of piperidine rings is 1. The van der Waals surface area contributed by atoms with Crippen LogP contribution in [-0.4, -0.2) is 39.8 Å². The summed E-state index contributed by atoms with van der Waals surface area (Å²) in [5.41, 5.74) is 1.06. The molecule has 0 bridgehead atoms. The van der Waals surface area contributed by atoms with Gasteiger partial charge in [0.05, 0.1) is 10.9 Å². The van der Waals surface area contributed by atoms with E-state index in [4.69, 9.17) is 23.2 Å². The molecule has 29 heavy (non-hydrogen) atoms. The predicted octanol–water partition coefficient (Wildman–Crippen LogP) is 5.12. The van der Waals surface area contributed by atoms with Crippen LogP contribution in [0.15, 0.2) is 41.0 Å². The number of carbonyl (C=O) groups is 2. The van der Waals surface area contributed by atoms with Crippen molar-refractivity contribution < 1.29 is 9.59 Å². The summed E-state index contributed by atoms with van der Waals surface area (Å²) in [5, 5.41) is 4.42. The van der Waals surface area contributed by atoms with Crippen molar-refractivity contribution in [2.24, 2.45) is 5.92 Å². The zero-order chi connectivity index (χ0) is 20.5. The molecule has 2 amide bonds. The molecule has 2 N–H and O–H groups in total. The van der Waals surface area contributed by atoms with E-state index in [1.807, 2.05) is 6.07 Å². The number of aromatic nitrogens is 2. The van der Waals surface area contributed by atoms with Crippen LogP contribution < -0.4 is 5.32 Å². The molecule has 3 aromatic rings. The van der Waals surface area contributed by atoms with Crippen molar-refractivity contribution in [2.45, 2.75) is 12.8 Å². The number of carbonyl (C=O) groups excluding carboxylic acids is 2. The number of anilines is 1. The molecule has 0 spiro atoms. The first-order chi connectivity index (χ1) is 13.9. The van der Waals surface area contributed by atoms with E-state index in [1.54, 1.807) is 35.4 Å². The number of nitrogens with zero attached hydrogens (tertiary/aromatic N) is 2. The molecule has 2 aromatic heterocycles. The summed E-state index contributed by atoms with van der Waals surface area (Å²) in [6.45, 7) is 0.902. The van der Waals surface area contributed by atoms with Gasteiger partial charge in [-0.05, 0) is 59.1 Å². The molecule has 1 aromatic carbocycles. The molecule has 150 valence electrons. The minimum absolute atomic E-state index is 0.146. The number of hydrogen-bond acceptors (Lipinski definition) is 3. The second-order valence-electron chi connectivity index (χ2n) is 6.95. The van der Waals surface area contributed by atoms with Gasteiger partial charge in [0.15, 0.2) is 0 Å². The van der Waals surface area contributed by atoms with E-state index in [0.29, 0.717) is 46.5 Å². The summed E-state index contributed by atoms with van der Waals surface area (Å²) in [6.07, 6.45) is 3.07. The fourth-order valence-corrected chi connectivity index (χ4v) is 4.18. The lowest BCUT2D eigenvalue weighted by Gasteiger charge is -2.31. The van der Waals surface area contributed by atoms with Gasteiger partial charge in [-0.3, -0.25) is 9.59 Å². The Labute approximate surface area is 185 Å². The molecule has 0 aliphatic carbocycles. The molecule has 1 unspecified atom stereocenters. The number of benzene rings is 1. The number of rotatable bonds is 3. The smallest absolute Gasteiger partial charge is 0.271 e. The minimum atomic E-state index is -0.309. The second kappa shape index (κ2) is 8.34. The van der Waals surface area contributed by atoms with Crippen LogP contribution in [0.4, 0.5) is 5.82 Å². The van der Waals surface area contributed by atoms with Crippen molar-refractivity contribution in [1.29, 1.82) is 0 Å². The maximum absolute atomic E-state index is 13.1. The van der Waals surface area contributed by atoms with Gasteiger partial charge in [-0.15, -0.1) is 0 Å². The molecular weight excluding hydrogens is 479 g/mol. The average Bonchev–Trinajstić information content (AvgIpc) is 3.05. The Bertz CT molecular complexity index is 1080. The van der Waals surface area contributed by atoms with E-state index < -0.39 is 0 Å². The fraction of sp³-hybridized carbons (Fsp3) is 0.250. The predicted molar refractivity (Wildman–Crippen MR) is 118 cm³/mol. The van der Waals surface area contributed by atoms with E-state index in [-0.39, 0.29) is 17.7 Å². The highest BCUT2D eigenvalue weighted by Crippen LogP contribution is 2.31. The number of H-pyrrole nitrogens is 1. The summed E-state index contributed by atoms with van der Waals surface area (Å²) < 4.78 is 0.835. The third kappa shape index (κ3) is 4.27. The minimum Gasteiger partial charge on any atom is -0.349 e. The zero-order valence-corrected chi connectivity index (χ0v) is 18.3. The third-order valence-corrected chi connectivity index (χ3v) is 6.07. The lowest BCUT2D eigenvalue weighted by molar-refractivity contribution is -0.121. The Balaban J connectivity index is 1.49. The van der Waals surface area contributed by atoms with Gasteiger partial charge in [0.25, 0.3) is 5.91 Å². The third-order valence-electron chi connectivity index (χ3n) is 4.97. The summed E-state index contributed by atoms with van der Waals surface area (Å²) >= 11 is 15.8. The van der Waals surface area contributed by atoms with Crippen molar-refractivity contribution in [2.75, 3.05) is 18.4 Å². The summed E-state index contributed by atoms with van der Waals surface area (Å²) in [4.78, 5) is 34.6. The van der Waals surface area contributed by atoms with Gasteiger partial charge in [-0.2, -0.15) is 0 Å². The molecule has 1 fully saturated rings. The van der Waals surface area contributed by atoms with Crippen molar-refractivity contribution >= 4 is 67.7 Å². The highest BCUT2D eigenvalue weighted by atomic mass is 79.9. The normalized spacial score (nSPS) is 16.8. The van der Waals surface area contributed by atoms with Crippen LogP contribution in [0.1, 0.15) is 23.3 Å². The van der Waals surface area contributed by atoms with Gasteiger partial charge in [0, 0.05) is 39.7 Å². The Hall–Kier alpha value is -2.09. The maximum Gasteiger partial charge on any atom is 0.271 e. The Morgan fingerprint density at radius 1 is 1.24 bits per heavy atom. The first-order valence-corrected chi connectivity index (χ1v) is 10.7. The Morgan fingerprint density at radius 3 is 2.83 bits per heavy atom. The molecule has 1 aliphatic heterocycles. The van der Waals surface area contributed by atoms with Crippen molar-refractivity contribution in [1.82, 2.24) is 14.9 Å². The fourth-order valence-electron chi connectivity index (χ4n) is 3.49. The largest absolute Gasteiger partial charge is 0.349 e. The van der Waals surface area contributed by atoms with Crippen LogP contribution in [0, 0.1) is 5.92 Å². The van der Waals surface area contributed by atoms with E-state index in [9.17, 15) is 9.59 Å². The number of likely N-dealkylation sites (tertiary alicyclic amines) is 1. The van der Waals surface area contributed by atoms with E-state index in [1.165, 1.54) is 0 Å². The molecule has 1 atom stereocenters. The molecule has 0 radical (unpaired) electrons. The number of hydrogen-bond donors (Lipinski definition) is 2. The van der Waals surface area contributed by atoms with Crippen LogP contribution in [-0.2, 0) is 4.79 Å². The van der Waals surface area contributed by atoms with Gasteiger partial charge in [-0.1, -0.05) is 23.2 Å². The average molecular weight is 496 g/mol. The standard InChI is InChI=1S/C20H17BrCl2N4O2/c21-12-3-6-16(24-9-12)26-19(28)11-2-1-7-27(10-11)20(29)18-17(23)14-8-13(22)4-5-15(14)25-18/h3-6,8-9,11,25H,1-2,7,10H2,(H,24,26,28). The first-order valence-electron chi connectivity index (χ1n) is 9.11. The second-order valence-corrected chi connectivity index (χ2v) is 8.68. The zero-order valence-electron chi connectivity index (χ0n) is 15.2. The van der Waals surface area contributed by atoms with Crippen molar-refractivity contribution in [3.63, 3.8) is 0 Å². The van der Waals surface area contributed by atoms with Gasteiger partial charge >= 0.3 is 0 Å². The highest BCUT2D eigenvalue weighted by Gasteiger charge is 2.31. The Kier molecular flexibility index (Phi) is 5.81. The van der Waals surface area contributed by atoms with Crippen LogP contribution in [0.5, 0.6) is 0 Å². The molecule has 6 nitrogen and oxygen atoms in total. The number of pyridine rings is 1. The number of halogens is 3. The lowest BCUT2D eigenvalue weighted by Crippen LogP contribution is -2.44. The van der Waals surface area contributed by atoms with Crippen molar-refractivity contribution in [3.8, 4) is 0 Å². The van der Waals surface area contributed by atoms with Gasteiger partial charge in [-0.25, -0.2) is 4.98 Å². The molecular formula is C20H17BrCl2N4O2. The summed E-state index contributed by atoms with van der Waals surface area (Å²) in [7, 11) is 0. The monoisotopic (exact) mass is 494 g/mol. The quantitative estimate of drug-likeness (QED) is 0.529. The Morgan fingerprint density at radius 2 is 2.07 bits per heavy atom. The van der Waals surface area contributed by atoms with Gasteiger partial charge < -0.3 is 15.2 Å². The first kappa shape index (κ1) is 20.2. The van der Waals surface area contributed by atoms with Crippen LogP contribution >= 0.6 is 39.1 Å². The van der Waals surface area contributed by atoms with E-state index in [0.717, 1.165) is 16.4 Å². The molecule has 9 heteroatoms. The topological polar surface area (TPSA) is 78.1 Å². The van der Waals surface area contributed by atoms with E-state index >= 15 is 0 Å². The molecule has 1 saturated heterocycles. The molecule has 3 heterocycles. The van der Waals surface area contributed by atoms with Crippen LogP contribution in [0.25, 0.3) is 10.9 Å². The van der Waals surface area contributed by atoms with Crippen LogP contribution in [0.2, 0.25) is 10.0 Å². The molecule has 4 rings (SSSR count). The molecule has 1 aliphatic rings. The summed E-state index contributed by atoms with van der Waals surface area (Å²) in [6, 6.07) is 8.79. The number of amides is 2. The number of aromatic amines is 1. The highest BCUT2D eigenvalue weighted by molar-refractivity contribution is 9.10.